The maximum atomic E-state index is 13.3. The molecular formula is C26H35Cl2N3O4S. The molecule has 0 saturated carbocycles. The number of halogens is 2. The standard InChI is InChI=1S/C26H35Cl2N3O4S/c1-17(2)29-26(33)20(5)30(16-21-11-12-22(27)23(28)15-21)25(32)8-7-13-31(36(6,34)35)24-14-18(3)9-10-19(24)4/h9-12,14-15,17,20H,7-8,13,16H2,1-6H3,(H,29,33)/t20-/m0/s1. The fraction of sp³-hybridized carbons (Fsp3) is 0.462. The van der Waals surface area contributed by atoms with Crippen LogP contribution < -0.4 is 9.62 Å². The second-order valence-electron chi connectivity index (χ2n) is 9.34. The van der Waals surface area contributed by atoms with E-state index in [1.54, 1.807) is 25.1 Å². The van der Waals surface area contributed by atoms with E-state index in [1.807, 2.05) is 45.9 Å². The van der Waals surface area contributed by atoms with E-state index >= 15 is 0 Å². The van der Waals surface area contributed by atoms with Crippen molar-refractivity contribution in [3.63, 3.8) is 0 Å². The van der Waals surface area contributed by atoms with Crippen molar-refractivity contribution in [3.05, 3.63) is 63.1 Å². The van der Waals surface area contributed by atoms with E-state index in [4.69, 9.17) is 23.2 Å². The number of aryl methyl sites for hydroxylation is 2. The second kappa shape index (κ2) is 12.8. The Balaban J connectivity index is 2.23. The molecule has 2 amide bonds. The molecule has 7 nitrogen and oxygen atoms in total. The summed E-state index contributed by atoms with van der Waals surface area (Å²) in [5.41, 5.74) is 3.10. The Bertz CT molecular complexity index is 1200. The highest BCUT2D eigenvalue weighted by atomic mass is 35.5. The molecule has 1 atom stereocenters. The molecule has 0 spiro atoms. The van der Waals surface area contributed by atoms with Crippen LogP contribution in [0, 0.1) is 13.8 Å². The molecule has 1 N–H and O–H groups in total. The summed E-state index contributed by atoms with van der Waals surface area (Å²) in [6.07, 6.45) is 1.51. The van der Waals surface area contributed by atoms with Gasteiger partial charge in [0.25, 0.3) is 0 Å². The van der Waals surface area contributed by atoms with E-state index in [0.29, 0.717) is 15.7 Å². The van der Waals surface area contributed by atoms with Gasteiger partial charge in [-0.25, -0.2) is 8.42 Å². The Morgan fingerprint density at radius 2 is 1.67 bits per heavy atom. The minimum absolute atomic E-state index is 0.0670. The number of hydrogen-bond donors (Lipinski definition) is 1. The first-order valence-electron chi connectivity index (χ1n) is 11.8. The molecule has 0 unspecified atom stereocenters. The van der Waals surface area contributed by atoms with Gasteiger partial charge in [-0.1, -0.05) is 41.4 Å². The molecule has 0 saturated heterocycles. The van der Waals surface area contributed by atoms with Crippen molar-refractivity contribution in [2.24, 2.45) is 0 Å². The third-order valence-electron chi connectivity index (χ3n) is 5.72. The monoisotopic (exact) mass is 555 g/mol. The summed E-state index contributed by atoms with van der Waals surface area (Å²) in [5.74, 6) is -0.534. The molecular weight excluding hydrogens is 521 g/mol. The van der Waals surface area contributed by atoms with E-state index < -0.39 is 16.1 Å². The van der Waals surface area contributed by atoms with Crippen molar-refractivity contribution < 1.29 is 18.0 Å². The van der Waals surface area contributed by atoms with Crippen LogP contribution >= 0.6 is 23.2 Å². The highest BCUT2D eigenvalue weighted by Crippen LogP contribution is 2.26. The van der Waals surface area contributed by atoms with Crippen LogP contribution in [0.2, 0.25) is 10.0 Å². The van der Waals surface area contributed by atoms with Crippen LogP contribution in [-0.4, -0.2) is 50.0 Å². The molecule has 2 aromatic rings. The van der Waals surface area contributed by atoms with Crippen molar-refractivity contribution in [2.45, 2.75) is 66.1 Å². The van der Waals surface area contributed by atoms with Crippen molar-refractivity contribution >= 4 is 50.7 Å². The highest BCUT2D eigenvalue weighted by molar-refractivity contribution is 7.92. The Hall–Kier alpha value is -2.29. The van der Waals surface area contributed by atoms with Gasteiger partial charge in [-0.05, 0) is 75.9 Å². The van der Waals surface area contributed by atoms with Crippen LogP contribution in [0.25, 0.3) is 0 Å². The van der Waals surface area contributed by atoms with Crippen molar-refractivity contribution in [2.75, 3.05) is 17.1 Å². The van der Waals surface area contributed by atoms with Crippen LogP contribution in [0.15, 0.2) is 36.4 Å². The van der Waals surface area contributed by atoms with E-state index in [2.05, 4.69) is 5.32 Å². The molecule has 10 heteroatoms. The van der Waals surface area contributed by atoms with Gasteiger partial charge in [-0.3, -0.25) is 13.9 Å². The van der Waals surface area contributed by atoms with Gasteiger partial charge in [0, 0.05) is 25.6 Å². The summed E-state index contributed by atoms with van der Waals surface area (Å²) < 4.78 is 26.5. The van der Waals surface area contributed by atoms with Crippen molar-refractivity contribution in [1.29, 1.82) is 0 Å². The Morgan fingerprint density at radius 1 is 1.00 bits per heavy atom. The fourth-order valence-electron chi connectivity index (χ4n) is 3.79. The zero-order chi connectivity index (χ0) is 27.2. The number of rotatable bonds is 11. The third kappa shape index (κ3) is 8.39. The first kappa shape index (κ1) is 29.9. The lowest BCUT2D eigenvalue weighted by Crippen LogP contribution is -2.49. The van der Waals surface area contributed by atoms with Gasteiger partial charge in [-0.15, -0.1) is 0 Å². The van der Waals surface area contributed by atoms with E-state index in [-0.39, 0.29) is 43.8 Å². The molecule has 0 fully saturated rings. The zero-order valence-electron chi connectivity index (χ0n) is 21.6. The first-order valence-corrected chi connectivity index (χ1v) is 14.4. The van der Waals surface area contributed by atoms with Gasteiger partial charge in [0.05, 0.1) is 22.0 Å². The lowest BCUT2D eigenvalue weighted by atomic mass is 10.1. The Labute approximate surface area is 224 Å². The minimum atomic E-state index is -3.56. The molecule has 0 aromatic heterocycles. The van der Waals surface area contributed by atoms with Gasteiger partial charge in [0.1, 0.15) is 6.04 Å². The highest BCUT2D eigenvalue weighted by Gasteiger charge is 2.27. The number of nitrogens with one attached hydrogen (secondary N) is 1. The molecule has 198 valence electrons. The predicted molar refractivity (Wildman–Crippen MR) is 147 cm³/mol. The number of carbonyl (C=O) groups excluding carboxylic acids is 2. The van der Waals surface area contributed by atoms with Gasteiger partial charge in [0.2, 0.25) is 21.8 Å². The van der Waals surface area contributed by atoms with Crippen LogP contribution in [-0.2, 0) is 26.2 Å². The predicted octanol–water partition coefficient (Wildman–Crippen LogP) is 5.10. The number of amides is 2. The lowest BCUT2D eigenvalue weighted by Gasteiger charge is -2.30. The van der Waals surface area contributed by atoms with Crippen LogP contribution in [0.5, 0.6) is 0 Å². The van der Waals surface area contributed by atoms with E-state index in [0.717, 1.165) is 22.9 Å². The number of sulfonamides is 1. The SMILES string of the molecule is Cc1ccc(C)c(N(CCCC(=O)N(Cc2ccc(Cl)c(Cl)c2)[C@@H](C)C(=O)NC(C)C)S(C)(=O)=O)c1. The largest absolute Gasteiger partial charge is 0.352 e. The number of carbonyl (C=O) groups is 2. The number of hydrogen-bond acceptors (Lipinski definition) is 4. The molecule has 2 aromatic carbocycles. The summed E-state index contributed by atoms with van der Waals surface area (Å²) in [4.78, 5) is 27.6. The second-order valence-corrected chi connectivity index (χ2v) is 12.1. The average molecular weight is 557 g/mol. The zero-order valence-corrected chi connectivity index (χ0v) is 24.0. The molecule has 0 aliphatic heterocycles. The molecule has 2 rings (SSSR count). The molecule has 0 radical (unpaired) electrons. The Kier molecular flexibility index (Phi) is 10.6. The van der Waals surface area contributed by atoms with Crippen molar-refractivity contribution in [1.82, 2.24) is 10.2 Å². The van der Waals surface area contributed by atoms with Gasteiger partial charge < -0.3 is 10.2 Å². The molecule has 0 aliphatic carbocycles. The van der Waals surface area contributed by atoms with Gasteiger partial charge in [-0.2, -0.15) is 0 Å². The van der Waals surface area contributed by atoms with Crippen LogP contribution in [0.1, 0.15) is 50.3 Å². The summed E-state index contributed by atoms with van der Waals surface area (Å²) in [6.45, 7) is 9.43. The summed E-state index contributed by atoms with van der Waals surface area (Å²) in [6, 6.07) is 9.88. The fourth-order valence-corrected chi connectivity index (χ4v) is 5.13. The minimum Gasteiger partial charge on any atom is -0.352 e. The summed E-state index contributed by atoms with van der Waals surface area (Å²) >= 11 is 12.2. The number of nitrogens with zero attached hydrogens (tertiary/aromatic N) is 2. The maximum absolute atomic E-state index is 13.3. The number of anilines is 1. The molecule has 0 bridgehead atoms. The average Bonchev–Trinajstić information content (AvgIpc) is 2.77. The van der Waals surface area contributed by atoms with Crippen molar-refractivity contribution in [3.8, 4) is 0 Å². The third-order valence-corrected chi connectivity index (χ3v) is 7.64. The number of benzene rings is 2. The smallest absolute Gasteiger partial charge is 0.242 e. The summed E-state index contributed by atoms with van der Waals surface area (Å²) in [7, 11) is -3.56. The van der Waals surface area contributed by atoms with E-state index in [1.165, 1.54) is 9.21 Å². The molecule has 0 aliphatic rings. The molecule has 36 heavy (non-hydrogen) atoms. The van der Waals surface area contributed by atoms with Crippen LogP contribution in [0.3, 0.4) is 0 Å². The van der Waals surface area contributed by atoms with Gasteiger partial charge >= 0.3 is 0 Å². The van der Waals surface area contributed by atoms with Gasteiger partial charge in [0.15, 0.2) is 0 Å². The normalized spacial score (nSPS) is 12.4. The quantitative estimate of drug-likeness (QED) is 0.418. The maximum Gasteiger partial charge on any atom is 0.242 e. The van der Waals surface area contributed by atoms with Crippen LogP contribution in [0.4, 0.5) is 5.69 Å². The Morgan fingerprint density at radius 3 is 2.25 bits per heavy atom. The molecule has 0 heterocycles. The lowest BCUT2D eigenvalue weighted by molar-refractivity contribution is -0.140. The first-order chi connectivity index (χ1) is 16.7. The van der Waals surface area contributed by atoms with E-state index in [9.17, 15) is 18.0 Å². The summed E-state index contributed by atoms with van der Waals surface area (Å²) in [5, 5.41) is 3.60. The topological polar surface area (TPSA) is 86.8 Å².